The molecule has 0 radical (unpaired) electrons. The average Bonchev–Trinajstić information content (AvgIpc) is 2.78. The van der Waals surface area contributed by atoms with Crippen molar-refractivity contribution in [2.75, 3.05) is 0 Å². The number of ether oxygens (including phenoxy) is 2. The topological polar surface area (TPSA) is 63.2 Å². The molecule has 41 heavy (non-hydrogen) atoms. The first-order chi connectivity index (χ1) is 18.4. The summed E-state index contributed by atoms with van der Waals surface area (Å²) in [5, 5.41) is 0.0521. The molecule has 240 valence electrons. The maximum Gasteiger partial charge on any atom is 0.193 e. The fraction of sp³-hybridized carbons (Fsp3) is 0.903. The molecule has 0 aromatic carbocycles. The molecule has 2 aliphatic heterocycles. The molecular formula is C31H61IO6Si3. The zero-order valence-corrected chi connectivity index (χ0v) is 33.9. The summed E-state index contributed by atoms with van der Waals surface area (Å²) in [4.78, 5) is 11.5. The molecule has 0 aromatic heterocycles. The van der Waals surface area contributed by atoms with Crippen molar-refractivity contribution in [3.8, 4) is 0 Å². The summed E-state index contributed by atoms with van der Waals surface area (Å²) in [5.74, 6) is 0. The Morgan fingerprint density at radius 3 is 1.71 bits per heavy atom. The molecular weight excluding hydrogens is 679 g/mol. The summed E-state index contributed by atoms with van der Waals surface area (Å²) < 4.78 is 37.6. The van der Waals surface area contributed by atoms with Gasteiger partial charge in [0.2, 0.25) is 0 Å². The first-order valence-corrected chi connectivity index (χ1v) is 25.4. The van der Waals surface area contributed by atoms with Crippen molar-refractivity contribution in [1.29, 1.82) is 0 Å². The van der Waals surface area contributed by atoms with Gasteiger partial charge in [0.15, 0.2) is 25.0 Å². The van der Waals surface area contributed by atoms with Gasteiger partial charge in [0.05, 0.1) is 18.3 Å². The first kappa shape index (κ1) is 37.8. The number of fused-ring (bicyclic) bond motifs is 1. The summed E-state index contributed by atoms with van der Waals surface area (Å²) in [6.45, 7) is 34.3. The Balaban J connectivity index is 2.73. The van der Waals surface area contributed by atoms with Crippen molar-refractivity contribution in [1.82, 2.24) is 0 Å². The van der Waals surface area contributed by atoms with Gasteiger partial charge in [-0.3, -0.25) is 0 Å². The number of halogens is 1. The number of carbonyl (C=O) groups is 1. The second-order valence-corrected chi connectivity index (χ2v) is 31.7. The highest BCUT2D eigenvalue weighted by Crippen LogP contribution is 2.47. The van der Waals surface area contributed by atoms with Gasteiger partial charge < -0.3 is 27.5 Å². The van der Waals surface area contributed by atoms with Crippen LogP contribution in [0.2, 0.25) is 54.4 Å². The lowest BCUT2D eigenvalue weighted by Crippen LogP contribution is -2.69. The highest BCUT2D eigenvalue weighted by Gasteiger charge is 2.57. The fourth-order valence-corrected chi connectivity index (χ4v) is 8.89. The minimum absolute atomic E-state index is 0.00170. The third-order valence-corrected chi connectivity index (χ3v) is 24.3. The minimum atomic E-state index is -2.28. The van der Waals surface area contributed by atoms with Gasteiger partial charge in [0, 0.05) is 6.42 Å². The second kappa shape index (κ2) is 13.5. The number of hydrogen-bond acceptors (Lipinski definition) is 6. The predicted molar refractivity (Wildman–Crippen MR) is 187 cm³/mol. The van der Waals surface area contributed by atoms with E-state index in [-0.39, 0.29) is 57.8 Å². The summed E-state index contributed by atoms with van der Waals surface area (Å²) >= 11 is 2.29. The first-order valence-electron chi connectivity index (χ1n) is 15.4. The minimum Gasteiger partial charge on any atom is -0.408 e. The van der Waals surface area contributed by atoms with Crippen LogP contribution < -0.4 is 0 Å². The van der Waals surface area contributed by atoms with Crippen molar-refractivity contribution in [2.45, 2.75) is 179 Å². The quantitative estimate of drug-likeness (QED) is 0.127. The molecule has 10 heteroatoms. The van der Waals surface area contributed by atoms with Gasteiger partial charge in [-0.1, -0.05) is 84.9 Å². The Hall–Kier alpha value is 0.591. The zero-order valence-electron chi connectivity index (χ0n) is 28.7. The summed E-state index contributed by atoms with van der Waals surface area (Å²) in [6, 6.07) is 0. The molecule has 2 rings (SSSR count). The number of carbonyl (C=O) groups excluding carboxylic acids is 1. The normalized spacial score (nSPS) is 29.9. The van der Waals surface area contributed by atoms with Gasteiger partial charge in [-0.2, -0.15) is 0 Å². The van der Waals surface area contributed by atoms with Crippen LogP contribution in [0.5, 0.6) is 0 Å². The molecule has 0 amide bonds. The molecule has 0 N–H and O–H groups in total. The van der Waals surface area contributed by atoms with Crippen LogP contribution in [0.3, 0.4) is 0 Å². The standard InChI is InChI=1S/C31H61IO6Si3/c1-29(2,3)39(10,11)36-24(18-20-32)26-28(38-41(14,15)31(7,8)9)27(37-40(12,13)30(4,5)6)25-23(35-26)17-16-22(34-25)19-21-33/h18,20-28H,16-17,19H2,1-15H3/b20-18+/t22-,23+,24?,25+,26+,27+,28?/m1/s1. The van der Waals surface area contributed by atoms with Crippen LogP contribution in [-0.2, 0) is 27.5 Å². The molecule has 2 saturated heterocycles. The molecule has 2 aliphatic rings. The maximum atomic E-state index is 11.5. The van der Waals surface area contributed by atoms with E-state index < -0.39 is 25.0 Å². The summed E-state index contributed by atoms with van der Waals surface area (Å²) in [5.41, 5.74) is 0. The molecule has 2 heterocycles. The Bertz CT molecular complexity index is 903. The SMILES string of the molecule is CC(C)(C)[Si](C)(C)OC(/C=C/I)[C@@H]1O[C@H]2CC[C@H](CC=O)O[C@@H]2[C@H](O[Si](C)(C)C(C)(C)C)C1O[Si](C)(C)C(C)(C)C. The van der Waals surface area contributed by atoms with E-state index >= 15 is 0 Å². The monoisotopic (exact) mass is 740 g/mol. The Morgan fingerprint density at radius 1 is 0.780 bits per heavy atom. The van der Waals surface area contributed by atoms with Crippen molar-refractivity contribution in [3.05, 3.63) is 10.2 Å². The van der Waals surface area contributed by atoms with Crippen LogP contribution in [0.4, 0.5) is 0 Å². The average molecular weight is 741 g/mol. The van der Waals surface area contributed by atoms with E-state index in [2.05, 4.69) is 134 Å². The van der Waals surface area contributed by atoms with Gasteiger partial charge in [-0.05, 0) is 77.4 Å². The van der Waals surface area contributed by atoms with Crippen molar-refractivity contribution < 1.29 is 27.5 Å². The van der Waals surface area contributed by atoms with Gasteiger partial charge in [0.25, 0.3) is 0 Å². The molecule has 0 saturated carbocycles. The lowest BCUT2D eigenvalue weighted by molar-refractivity contribution is -0.266. The second-order valence-electron chi connectivity index (χ2n) is 16.7. The molecule has 2 fully saturated rings. The number of hydrogen-bond donors (Lipinski definition) is 0. The highest BCUT2D eigenvalue weighted by atomic mass is 127. The van der Waals surface area contributed by atoms with Crippen LogP contribution in [0.25, 0.3) is 0 Å². The fourth-order valence-electron chi connectivity index (χ4n) is 4.63. The van der Waals surface area contributed by atoms with Crippen LogP contribution in [0.15, 0.2) is 10.2 Å². The predicted octanol–water partition coefficient (Wildman–Crippen LogP) is 9.01. The molecule has 2 unspecified atom stereocenters. The largest absolute Gasteiger partial charge is 0.408 e. The molecule has 0 bridgehead atoms. The van der Waals surface area contributed by atoms with E-state index in [9.17, 15) is 4.79 Å². The summed E-state index contributed by atoms with van der Waals surface area (Å²) in [7, 11) is -6.69. The third kappa shape index (κ3) is 9.08. The van der Waals surface area contributed by atoms with Gasteiger partial charge >= 0.3 is 0 Å². The number of rotatable bonds is 10. The van der Waals surface area contributed by atoms with Crippen molar-refractivity contribution >= 4 is 53.8 Å². The lowest BCUT2D eigenvalue weighted by Gasteiger charge is -2.56. The zero-order chi connectivity index (χ0) is 31.8. The Labute approximate surface area is 268 Å². The van der Waals surface area contributed by atoms with E-state index in [1.165, 1.54) is 0 Å². The van der Waals surface area contributed by atoms with Crippen LogP contribution >= 0.6 is 22.6 Å². The number of aldehydes is 1. The van der Waals surface area contributed by atoms with Gasteiger partial charge in [-0.25, -0.2) is 0 Å². The molecule has 0 spiro atoms. The molecule has 6 nitrogen and oxygen atoms in total. The Morgan fingerprint density at radius 2 is 1.27 bits per heavy atom. The van der Waals surface area contributed by atoms with Crippen LogP contribution in [-0.4, -0.2) is 74.0 Å². The third-order valence-electron chi connectivity index (χ3n) is 10.4. The van der Waals surface area contributed by atoms with Gasteiger partial charge in [0.1, 0.15) is 30.7 Å². The van der Waals surface area contributed by atoms with Gasteiger partial charge in [-0.15, -0.1) is 0 Å². The van der Waals surface area contributed by atoms with E-state index in [0.717, 1.165) is 19.1 Å². The lowest BCUT2D eigenvalue weighted by atomic mass is 9.87. The smallest absolute Gasteiger partial charge is 0.193 e. The molecule has 0 aliphatic carbocycles. The van der Waals surface area contributed by atoms with E-state index in [1.54, 1.807) is 0 Å². The highest BCUT2D eigenvalue weighted by molar-refractivity contribution is 14.1. The van der Waals surface area contributed by atoms with E-state index in [4.69, 9.17) is 22.8 Å². The van der Waals surface area contributed by atoms with Crippen LogP contribution in [0.1, 0.15) is 81.6 Å². The summed E-state index contributed by atoms with van der Waals surface area (Å²) in [6.07, 6.45) is 3.25. The molecule has 0 aromatic rings. The Kier molecular flexibility index (Phi) is 12.5. The van der Waals surface area contributed by atoms with E-state index in [0.29, 0.717) is 6.42 Å². The maximum absolute atomic E-state index is 11.5. The van der Waals surface area contributed by atoms with Crippen molar-refractivity contribution in [3.63, 3.8) is 0 Å². The van der Waals surface area contributed by atoms with E-state index in [1.807, 2.05) is 0 Å². The van der Waals surface area contributed by atoms with Crippen molar-refractivity contribution in [2.24, 2.45) is 0 Å². The van der Waals surface area contributed by atoms with Crippen LogP contribution in [0, 0.1) is 0 Å². The molecule has 7 atom stereocenters.